The van der Waals surface area contributed by atoms with Crippen molar-refractivity contribution < 1.29 is 29.1 Å². The average Bonchev–Trinajstić information content (AvgIpc) is 2.94. The lowest BCUT2D eigenvalue weighted by molar-refractivity contribution is -0.895. The Kier molecular flexibility index (Phi) is 4.69. The number of carboxylic acids is 2. The van der Waals surface area contributed by atoms with Crippen LogP contribution in [0.2, 0.25) is 0 Å². The van der Waals surface area contributed by atoms with Gasteiger partial charge in [-0.3, -0.25) is 4.79 Å². The zero-order valence-electron chi connectivity index (χ0n) is 13.1. The van der Waals surface area contributed by atoms with Gasteiger partial charge in [0.2, 0.25) is 0 Å². The normalized spacial score (nSPS) is 11.2. The first-order chi connectivity index (χ1) is 11.2. The molecule has 2 rings (SSSR count). The molecule has 0 radical (unpaired) electrons. The second-order valence-corrected chi connectivity index (χ2v) is 5.80. The maximum absolute atomic E-state index is 11.1. The minimum atomic E-state index is -1.34. The predicted octanol–water partition coefficient (Wildman–Crippen LogP) is -0.166. The number of nitrogens with zero attached hydrogens (tertiary/aromatic N) is 5. The van der Waals surface area contributed by atoms with Gasteiger partial charge in [-0.1, -0.05) is 5.21 Å². The molecule has 0 aromatic carbocycles. The van der Waals surface area contributed by atoms with Gasteiger partial charge in [0, 0.05) is 0 Å². The number of pyridine rings is 1. The van der Waals surface area contributed by atoms with Crippen LogP contribution in [0, 0.1) is 0 Å². The molecule has 10 nitrogen and oxygen atoms in total. The van der Waals surface area contributed by atoms with Crippen LogP contribution in [-0.2, 0) is 11.3 Å². The van der Waals surface area contributed by atoms with Crippen molar-refractivity contribution in [2.45, 2.75) is 6.54 Å². The third-order valence-electron chi connectivity index (χ3n) is 3.21. The highest BCUT2D eigenvalue weighted by molar-refractivity contribution is 5.90. The van der Waals surface area contributed by atoms with E-state index >= 15 is 0 Å². The van der Waals surface area contributed by atoms with E-state index < -0.39 is 23.3 Å². The third kappa shape index (κ3) is 3.98. The van der Waals surface area contributed by atoms with Crippen LogP contribution in [0.15, 0.2) is 18.3 Å². The van der Waals surface area contributed by atoms with Crippen LogP contribution < -0.4 is 0 Å². The van der Waals surface area contributed by atoms with Gasteiger partial charge in [-0.2, -0.15) is 0 Å². The quantitative estimate of drug-likeness (QED) is 0.526. The summed E-state index contributed by atoms with van der Waals surface area (Å²) in [7, 11) is 3.70. The van der Waals surface area contributed by atoms with Gasteiger partial charge in [-0.15, -0.1) is 5.10 Å². The van der Waals surface area contributed by atoms with Crippen LogP contribution in [0.3, 0.4) is 0 Å². The van der Waals surface area contributed by atoms with E-state index in [2.05, 4.69) is 15.3 Å². The number of carbonyl (C=O) groups is 3. The van der Waals surface area contributed by atoms with E-state index in [1.54, 1.807) is 6.20 Å². The summed E-state index contributed by atoms with van der Waals surface area (Å²) < 4.78 is 1.65. The minimum Gasteiger partial charge on any atom is -0.477 e. The van der Waals surface area contributed by atoms with Crippen molar-refractivity contribution in [2.24, 2.45) is 0 Å². The molecule has 2 heterocycles. The van der Waals surface area contributed by atoms with E-state index in [1.807, 2.05) is 14.1 Å². The van der Waals surface area contributed by atoms with Crippen molar-refractivity contribution in [2.75, 3.05) is 20.6 Å². The van der Waals surface area contributed by atoms with E-state index in [0.29, 0.717) is 23.3 Å². The molecule has 0 spiro atoms. The van der Waals surface area contributed by atoms with Gasteiger partial charge in [0.15, 0.2) is 17.7 Å². The number of hydrogen-bond donors (Lipinski definition) is 2. The van der Waals surface area contributed by atoms with Crippen LogP contribution in [0.4, 0.5) is 0 Å². The molecule has 0 saturated heterocycles. The van der Waals surface area contributed by atoms with Crippen molar-refractivity contribution in [1.82, 2.24) is 20.0 Å². The number of aromatic carboxylic acids is 2. The minimum absolute atomic E-state index is 0.222. The fraction of sp³-hybridized carbons (Fsp3) is 0.286. The van der Waals surface area contributed by atoms with Gasteiger partial charge >= 0.3 is 11.9 Å². The van der Waals surface area contributed by atoms with E-state index in [1.165, 1.54) is 16.8 Å². The number of aldehydes is 1. The Morgan fingerprint density at radius 1 is 1.21 bits per heavy atom. The Labute approximate surface area is 136 Å². The Bertz CT molecular complexity index is 766. The first-order valence-corrected chi connectivity index (χ1v) is 6.88. The van der Waals surface area contributed by atoms with Crippen molar-refractivity contribution in [3.05, 3.63) is 35.4 Å². The van der Waals surface area contributed by atoms with Gasteiger partial charge in [0.05, 0.1) is 26.0 Å². The molecule has 2 aromatic rings. The second-order valence-electron chi connectivity index (χ2n) is 5.80. The molecule has 0 bridgehead atoms. The largest absolute Gasteiger partial charge is 0.477 e. The predicted molar refractivity (Wildman–Crippen MR) is 79.8 cm³/mol. The van der Waals surface area contributed by atoms with Crippen molar-refractivity contribution in [3.63, 3.8) is 0 Å². The topological polar surface area (TPSA) is 135 Å². The van der Waals surface area contributed by atoms with E-state index in [4.69, 9.17) is 10.2 Å². The number of likely N-dealkylation sites (N-methyl/N-ethyl adjacent to an activating group) is 1. The Morgan fingerprint density at radius 3 is 2.29 bits per heavy atom. The van der Waals surface area contributed by atoms with Crippen LogP contribution in [0.5, 0.6) is 0 Å². The maximum atomic E-state index is 11.1. The lowest BCUT2D eigenvalue weighted by Gasteiger charge is -2.25. The number of carbonyl (C=O) groups excluding carboxylic acids is 1. The number of quaternary nitrogens is 1. The van der Waals surface area contributed by atoms with Crippen molar-refractivity contribution >= 4 is 18.2 Å². The Morgan fingerprint density at radius 2 is 1.79 bits per heavy atom. The number of rotatable bonds is 7. The highest BCUT2D eigenvalue weighted by Crippen LogP contribution is 2.13. The standard InChI is InChI=1S/C14H15N5O5/c1-19(2,3-4-20)8-9-7-18(17-16-9)10-5-11(13(21)22)15-12(6-10)14(23)24/h4-7H,3,8H2,1-2H3,(H-,21,22,23,24)/p+1. The Hall–Kier alpha value is -3.14. The molecular weight excluding hydrogens is 318 g/mol. The number of aromatic nitrogens is 4. The molecule has 0 unspecified atom stereocenters. The average molecular weight is 334 g/mol. The van der Waals surface area contributed by atoms with Crippen molar-refractivity contribution in [3.8, 4) is 5.69 Å². The monoisotopic (exact) mass is 334 g/mol. The summed E-state index contributed by atoms with van der Waals surface area (Å²) in [5.74, 6) is -2.69. The molecule has 126 valence electrons. The number of hydrogen-bond acceptors (Lipinski definition) is 6. The van der Waals surface area contributed by atoms with Crippen LogP contribution in [-0.4, -0.2) is 73.5 Å². The molecule has 0 fully saturated rings. The van der Waals surface area contributed by atoms with E-state index in [9.17, 15) is 14.4 Å². The first-order valence-electron chi connectivity index (χ1n) is 6.88. The summed E-state index contributed by atoms with van der Waals surface area (Å²) in [5, 5.41) is 25.9. The molecule has 2 N–H and O–H groups in total. The van der Waals surface area contributed by atoms with Crippen LogP contribution in [0.1, 0.15) is 26.7 Å². The lowest BCUT2D eigenvalue weighted by Crippen LogP contribution is -2.40. The molecular formula is C14H16N5O5+. The van der Waals surface area contributed by atoms with Crippen molar-refractivity contribution in [1.29, 1.82) is 0 Å². The molecule has 0 aliphatic carbocycles. The zero-order chi connectivity index (χ0) is 17.9. The third-order valence-corrected chi connectivity index (χ3v) is 3.21. The second kappa shape index (κ2) is 6.54. The SMILES string of the molecule is C[N+](C)(CC=O)Cc1cn(-c2cc(C(=O)O)nc(C(=O)O)c2)nn1. The first kappa shape index (κ1) is 17.2. The molecule has 10 heteroatoms. The molecule has 24 heavy (non-hydrogen) atoms. The summed E-state index contributed by atoms with van der Waals surface area (Å²) in [5.41, 5.74) is -0.00955. The fourth-order valence-electron chi connectivity index (χ4n) is 2.07. The molecule has 0 atom stereocenters. The van der Waals surface area contributed by atoms with Gasteiger partial charge < -0.3 is 14.7 Å². The van der Waals surface area contributed by atoms with E-state index in [0.717, 1.165) is 6.29 Å². The van der Waals surface area contributed by atoms with Gasteiger partial charge in [0.1, 0.15) is 18.8 Å². The molecule has 0 amide bonds. The summed E-state index contributed by atoms with van der Waals surface area (Å²) in [4.78, 5) is 36.4. The molecule has 0 aliphatic heterocycles. The van der Waals surface area contributed by atoms with E-state index in [-0.39, 0.29) is 5.69 Å². The van der Waals surface area contributed by atoms with Gasteiger partial charge in [-0.05, 0) is 12.1 Å². The molecule has 0 aliphatic rings. The summed E-state index contributed by atoms with van der Waals surface area (Å²) in [6, 6.07) is 2.41. The maximum Gasteiger partial charge on any atom is 0.354 e. The summed E-state index contributed by atoms with van der Waals surface area (Å²) in [6.07, 6.45) is 2.36. The fourth-order valence-corrected chi connectivity index (χ4v) is 2.07. The van der Waals surface area contributed by atoms with Crippen LogP contribution in [0.25, 0.3) is 5.69 Å². The smallest absolute Gasteiger partial charge is 0.354 e. The van der Waals surface area contributed by atoms with Gasteiger partial charge in [-0.25, -0.2) is 19.3 Å². The number of carboxylic acid groups (broad SMARTS) is 2. The Balaban J connectivity index is 2.37. The molecule has 2 aromatic heterocycles. The van der Waals surface area contributed by atoms with Crippen LogP contribution >= 0.6 is 0 Å². The summed E-state index contributed by atoms with van der Waals surface area (Å²) in [6.45, 7) is 0.732. The lowest BCUT2D eigenvalue weighted by atomic mass is 10.2. The summed E-state index contributed by atoms with van der Waals surface area (Å²) >= 11 is 0. The van der Waals surface area contributed by atoms with Gasteiger partial charge in [0.25, 0.3) is 0 Å². The molecule has 0 saturated carbocycles. The zero-order valence-corrected chi connectivity index (χ0v) is 13.1. The highest BCUT2D eigenvalue weighted by atomic mass is 16.4. The highest BCUT2D eigenvalue weighted by Gasteiger charge is 2.19.